The Kier molecular flexibility index (Phi) is 10.6. The molecule has 0 aliphatic rings. The number of phenolic OH excluding ortho intramolecular Hbond substituents is 1. The summed E-state index contributed by atoms with van der Waals surface area (Å²) >= 11 is 5.97. The number of carbonyl (C=O) groups is 2. The number of hydrogen-bond donors (Lipinski definition) is 4. The van der Waals surface area contributed by atoms with E-state index in [1.807, 2.05) is 30.4 Å². The van der Waals surface area contributed by atoms with Gasteiger partial charge in [-0.25, -0.2) is 9.78 Å². The summed E-state index contributed by atoms with van der Waals surface area (Å²) in [4.78, 5) is 31.0. The van der Waals surface area contributed by atoms with Crippen molar-refractivity contribution >= 4 is 46.5 Å². The normalized spacial score (nSPS) is 12.8. The van der Waals surface area contributed by atoms with Crippen LogP contribution in [0.5, 0.6) is 5.75 Å². The number of nitrogens with one attached hydrogen (secondary N) is 1. The highest BCUT2D eigenvalue weighted by atomic mass is 35.5. The highest BCUT2D eigenvalue weighted by Crippen LogP contribution is 2.23. The molecule has 3 aromatic carbocycles. The zero-order chi connectivity index (χ0) is 30.1. The van der Waals surface area contributed by atoms with Crippen LogP contribution in [-0.4, -0.2) is 71.3 Å². The number of rotatable bonds is 12. The average Bonchev–Trinajstić information content (AvgIpc) is 3.00. The lowest BCUT2D eigenvalue weighted by molar-refractivity contribution is 0.00947. The Balaban J connectivity index is 1.65. The topological polar surface area (TPSA) is 138 Å². The Labute approximate surface area is 248 Å². The molecular weight excluding hydrogens is 560 g/mol. The summed E-state index contributed by atoms with van der Waals surface area (Å²) in [6.07, 6.45) is 2.96. The molecule has 2 atom stereocenters. The van der Waals surface area contributed by atoms with E-state index in [1.165, 1.54) is 13.2 Å². The zero-order valence-electron chi connectivity index (χ0n) is 22.9. The predicted molar refractivity (Wildman–Crippen MR) is 160 cm³/mol. The van der Waals surface area contributed by atoms with Gasteiger partial charge >= 0.3 is 5.97 Å². The molecule has 1 amide bonds. The summed E-state index contributed by atoms with van der Waals surface area (Å²) in [6, 6.07) is 20.2. The van der Waals surface area contributed by atoms with Crippen LogP contribution in [-0.2, 0) is 15.9 Å². The molecule has 4 aromatic rings. The highest BCUT2D eigenvalue weighted by molar-refractivity contribution is 6.30. The Hall–Kier alpha value is -4.28. The third-order valence-electron chi connectivity index (χ3n) is 6.36. The van der Waals surface area contributed by atoms with Crippen molar-refractivity contribution in [2.24, 2.45) is 0 Å². The van der Waals surface area contributed by atoms with Crippen LogP contribution in [0.1, 0.15) is 37.5 Å². The molecule has 9 nitrogen and oxygen atoms in total. The number of ether oxygens (including phenoxy) is 2. The number of aliphatic hydroxyl groups excluding tert-OH is 2. The van der Waals surface area contributed by atoms with E-state index in [-0.39, 0.29) is 23.6 Å². The number of halogens is 1. The summed E-state index contributed by atoms with van der Waals surface area (Å²) < 4.78 is 10.5. The van der Waals surface area contributed by atoms with Crippen molar-refractivity contribution in [1.29, 1.82) is 0 Å². The van der Waals surface area contributed by atoms with E-state index in [0.29, 0.717) is 22.3 Å². The van der Waals surface area contributed by atoms with Gasteiger partial charge in [-0.2, -0.15) is 0 Å². The number of pyridine rings is 1. The number of nitrogens with zero attached hydrogens (tertiary/aromatic N) is 1. The molecule has 4 N–H and O–H groups in total. The van der Waals surface area contributed by atoms with Crippen molar-refractivity contribution in [3.05, 3.63) is 106 Å². The molecule has 0 aliphatic carbocycles. The Morgan fingerprint density at radius 3 is 2.36 bits per heavy atom. The van der Waals surface area contributed by atoms with E-state index in [2.05, 4.69) is 10.3 Å². The van der Waals surface area contributed by atoms with Gasteiger partial charge in [0.05, 0.1) is 30.3 Å². The van der Waals surface area contributed by atoms with Gasteiger partial charge in [-0.15, -0.1) is 0 Å². The van der Waals surface area contributed by atoms with Crippen LogP contribution in [0.15, 0.2) is 72.8 Å². The van der Waals surface area contributed by atoms with E-state index in [4.69, 9.17) is 26.2 Å². The highest BCUT2D eigenvalue weighted by Gasteiger charge is 2.21. The maximum atomic E-state index is 13.3. The van der Waals surface area contributed by atoms with Crippen molar-refractivity contribution in [1.82, 2.24) is 10.3 Å². The Morgan fingerprint density at radius 1 is 0.976 bits per heavy atom. The Bertz CT molecular complexity index is 1560. The SMILES string of the molecule is COC[C@H](Cc1ccc(O)cc1)NC(=O)c1cc(C(=O)OCC(O)CO)c2cc(C=Cc3ccc(Cl)cc3)ccc2n1. The second kappa shape index (κ2) is 14.6. The molecule has 0 radical (unpaired) electrons. The fraction of sp³-hybridized carbons (Fsp3) is 0.219. The van der Waals surface area contributed by atoms with Crippen LogP contribution in [0.25, 0.3) is 23.1 Å². The Morgan fingerprint density at radius 2 is 1.67 bits per heavy atom. The van der Waals surface area contributed by atoms with E-state index >= 15 is 0 Å². The number of methoxy groups -OCH3 is 1. The van der Waals surface area contributed by atoms with Gasteiger partial charge in [0, 0.05) is 17.5 Å². The number of carbonyl (C=O) groups excluding carboxylic acids is 2. The van der Waals surface area contributed by atoms with Gasteiger partial charge in [0.15, 0.2) is 0 Å². The van der Waals surface area contributed by atoms with Crippen LogP contribution in [0.2, 0.25) is 5.02 Å². The first kappa shape index (κ1) is 30.7. The van der Waals surface area contributed by atoms with Gasteiger partial charge in [0.25, 0.3) is 5.91 Å². The average molecular weight is 591 g/mol. The molecule has 0 fully saturated rings. The first-order chi connectivity index (χ1) is 20.2. The number of amides is 1. The summed E-state index contributed by atoms with van der Waals surface area (Å²) in [7, 11) is 1.53. The number of aromatic hydroxyl groups is 1. The standard InChI is InChI=1S/C32H31ClN2O7/c1-41-18-24(14-21-6-11-25(37)12-7-21)34-31(39)30-16-28(32(40)42-19-26(38)17-36)27-15-22(8-13-29(27)35-30)3-2-20-4-9-23(33)10-5-20/h2-13,15-16,24,26,36-38H,14,17-19H2,1H3,(H,34,39)/t24-,26?/m0/s1. The molecule has 10 heteroatoms. The van der Waals surface area contributed by atoms with Crippen LogP contribution in [0.4, 0.5) is 0 Å². The molecule has 0 spiro atoms. The minimum Gasteiger partial charge on any atom is -0.508 e. The van der Waals surface area contributed by atoms with Gasteiger partial charge in [0.1, 0.15) is 24.2 Å². The zero-order valence-corrected chi connectivity index (χ0v) is 23.6. The first-order valence-corrected chi connectivity index (χ1v) is 13.6. The molecule has 218 valence electrons. The van der Waals surface area contributed by atoms with Crippen molar-refractivity contribution in [3.8, 4) is 5.75 Å². The lowest BCUT2D eigenvalue weighted by Gasteiger charge is -2.18. The molecule has 4 rings (SSSR count). The van der Waals surface area contributed by atoms with Crippen molar-refractivity contribution < 1.29 is 34.4 Å². The smallest absolute Gasteiger partial charge is 0.338 e. The maximum Gasteiger partial charge on any atom is 0.338 e. The van der Waals surface area contributed by atoms with Crippen LogP contribution >= 0.6 is 11.6 Å². The second-order valence-electron chi connectivity index (χ2n) is 9.65. The van der Waals surface area contributed by atoms with Crippen LogP contribution in [0.3, 0.4) is 0 Å². The van der Waals surface area contributed by atoms with Crippen molar-refractivity contribution in [2.45, 2.75) is 18.6 Å². The van der Waals surface area contributed by atoms with Crippen molar-refractivity contribution in [2.75, 3.05) is 26.9 Å². The first-order valence-electron chi connectivity index (χ1n) is 13.2. The number of esters is 1. The van der Waals surface area contributed by atoms with Crippen LogP contribution in [0, 0.1) is 0 Å². The number of hydrogen-bond acceptors (Lipinski definition) is 8. The molecule has 0 bridgehead atoms. The van der Waals surface area contributed by atoms with Gasteiger partial charge in [0.2, 0.25) is 0 Å². The molecule has 0 aliphatic heterocycles. The fourth-order valence-corrected chi connectivity index (χ4v) is 4.36. The van der Waals surface area contributed by atoms with Gasteiger partial charge in [-0.3, -0.25) is 4.79 Å². The minimum atomic E-state index is -1.24. The minimum absolute atomic E-state index is 0.00609. The molecule has 0 saturated heterocycles. The number of aromatic nitrogens is 1. The number of phenols is 1. The summed E-state index contributed by atoms with van der Waals surface area (Å²) in [5.41, 5.74) is 3.05. The fourth-order valence-electron chi connectivity index (χ4n) is 4.23. The van der Waals surface area contributed by atoms with Gasteiger partial charge in [-0.05, 0) is 65.6 Å². The van der Waals surface area contributed by atoms with E-state index in [9.17, 15) is 19.8 Å². The third kappa shape index (κ3) is 8.37. The molecule has 1 aromatic heterocycles. The van der Waals surface area contributed by atoms with E-state index in [0.717, 1.165) is 16.7 Å². The summed E-state index contributed by atoms with van der Waals surface area (Å²) in [5.74, 6) is -1.16. The van der Waals surface area contributed by atoms with Gasteiger partial charge in [-0.1, -0.05) is 54.1 Å². The largest absolute Gasteiger partial charge is 0.508 e. The molecule has 1 heterocycles. The van der Waals surface area contributed by atoms with Crippen molar-refractivity contribution in [3.63, 3.8) is 0 Å². The lowest BCUT2D eigenvalue weighted by Crippen LogP contribution is -2.40. The number of benzene rings is 3. The lowest BCUT2D eigenvalue weighted by atomic mass is 10.0. The molecule has 42 heavy (non-hydrogen) atoms. The van der Waals surface area contributed by atoms with E-state index < -0.39 is 37.2 Å². The predicted octanol–water partition coefficient (Wildman–Crippen LogP) is 4.26. The molecule has 1 unspecified atom stereocenters. The number of fused-ring (bicyclic) bond motifs is 1. The summed E-state index contributed by atoms with van der Waals surface area (Å²) in [5, 5.41) is 32.4. The maximum absolute atomic E-state index is 13.3. The van der Waals surface area contributed by atoms with Gasteiger partial charge < -0.3 is 30.1 Å². The molecular formula is C32H31ClN2O7. The number of aliphatic hydroxyl groups is 2. The summed E-state index contributed by atoms with van der Waals surface area (Å²) in [6.45, 7) is -0.767. The third-order valence-corrected chi connectivity index (χ3v) is 6.61. The van der Waals surface area contributed by atoms with Crippen LogP contribution < -0.4 is 5.32 Å². The quantitative estimate of drug-likeness (QED) is 0.142. The monoisotopic (exact) mass is 590 g/mol. The molecule has 0 saturated carbocycles. The second-order valence-corrected chi connectivity index (χ2v) is 10.1. The van der Waals surface area contributed by atoms with E-state index in [1.54, 1.807) is 48.5 Å².